The van der Waals surface area contributed by atoms with E-state index in [1.165, 1.54) is 121 Å². The third-order valence-electron chi connectivity index (χ3n) is 13.5. The van der Waals surface area contributed by atoms with Gasteiger partial charge in [0.15, 0.2) is 0 Å². The van der Waals surface area contributed by atoms with E-state index in [-0.39, 0.29) is 17.0 Å². The van der Waals surface area contributed by atoms with Crippen LogP contribution >= 0.6 is 68.8 Å². The number of aromatic nitrogens is 4. The number of unbranched alkanes of at least 4 members (excludes halogenated alkanes) is 12. The van der Waals surface area contributed by atoms with Crippen LogP contribution in [-0.4, -0.2) is 17.5 Å². The minimum absolute atomic E-state index is 0.253. The van der Waals surface area contributed by atoms with Gasteiger partial charge in [-0.3, -0.25) is 0 Å². The Hall–Kier alpha value is -3.26. The highest BCUT2D eigenvalue weighted by Gasteiger charge is 2.46. The minimum Gasteiger partial charge on any atom is -0.206 e. The number of halogens is 2. The van der Waals surface area contributed by atoms with Crippen LogP contribution in [0, 0.1) is 11.6 Å². The van der Waals surface area contributed by atoms with Crippen LogP contribution in [0.5, 0.6) is 0 Å². The zero-order valence-corrected chi connectivity index (χ0v) is 43.2. The zero-order chi connectivity index (χ0) is 44.9. The molecule has 9 rings (SSSR count). The van der Waals surface area contributed by atoms with Crippen LogP contribution in [0.2, 0.25) is 0 Å². The molecule has 0 amide bonds. The van der Waals surface area contributed by atoms with Crippen molar-refractivity contribution in [1.82, 2.24) is 17.5 Å². The van der Waals surface area contributed by atoms with E-state index in [4.69, 9.17) is 17.5 Å². The summed E-state index contributed by atoms with van der Waals surface area (Å²) >= 11 is 9.19. The van der Waals surface area contributed by atoms with E-state index in [1.54, 1.807) is 57.5 Å². The zero-order valence-electron chi connectivity index (χ0n) is 38.3. The standard InChI is InChI=1S/C53H60F2N4S6/c1-5-9-13-17-21-33-23-25-41(60-33)35-29-39(54)45(49-47(35)56-64-58-49)43-31-37-51(62-43)52-38(53(37,27-19-15-11-7-3)28-20-16-12-8-4)32-44(63-52)46-40(55)30-36(48-50(46)59-65-57-48)42-26-24-34(61-42)22-18-14-10-6-2/h23-26,29-32H,5-22,27-28H2,1-4H3. The molecule has 0 saturated carbocycles. The molecule has 1 aliphatic carbocycles. The van der Waals surface area contributed by atoms with Gasteiger partial charge in [0.25, 0.3) is 0 Å². The van der Waals surface area contributed by atoms with Gasteiger partial charge in [0.1, 0.15) is 33.7 Å². The molecular weight excluding hydrogens is 923 g/mol. The van der Waals surface area contributed by atoms with Gasteiger partial charge in [-0.05, 0) is 98.2 Å². The molecule has 0 aliphatic heterocycles. The van der Waals surface area contributed by atoms with Crippen LogP contribution in [-0.2, 0) is 18.3 Å². The van der Waals surface area contributed by atoms with Crippen molar-refractivity contribution < 1.29 is 8.78 Å². The highest BCUT2D eigenvalue weighted by molar-refractivity contribution is 7.26. The van der Waals surface area contributed by atoms with Crippen LogP contribution in [0.25, 0.3) is 73.6 Å². The second-order valence-corrected chi connectivity index (χ2v) is 23.5. The molecule has 6 aromatic heterocycles. The van der Waals surface area contributed by atoms with Gasteiger partial charge in [-0.25, -0.2) is 8.78 Å². The van der Waals surface area contributed by atoms with Crippen LogP contribution in [0.3, 0.4) is 0 Å². The average molecular weight is 983 g/mol. The Balaban J connectivity index is 1.13. The van der Waals surface area contributed by atoms with Gasteiger partial charge in [-0.1, -0.05) is 118 Å². The fourth-order valence-corrected chi connectivity index (χ4v) is 16.1. The smallest absolute Gasteiger partial charge is 0.134 e. The van der Waals surface area contributed by atoms with Gasteiger partial charge in [0, 0.05) is 55.6 Å². The predicted octanol–water partition coefficient (Wildman–Crippen LogP) is 19.3. The summed E-state index contributed by atoms with van der Waals surface area (Å²) in [6.07, 6.45) is 23.2. The summed E-state index contributed by atoms with van der Waals surface area (Å²) in [5.41, 5.74) is 7.94. The largest absolute Gasteiger partial charge is 0.206 e. The summed E-state index contributed by atoms with van der Waals surface area (Å²) in [5, 5.41) is 0. The van der Waals surface area contributed by atoms with Crippen molar-refractivity contribution in [3.05, 3.63) is 81.0 Å². The normalized spacial score (nSPS) is 13.2. The molecule has 8 aromatic rings. The average Bonchev–Trinajstić information content (AvgIpc) is 4.17. The molecule has 0 atom stereocenters. The summed E-state index contributed by atoms with van der Waals surface area (Å²) in [7, 11) is 0. The topological polar surface area (TPSA) is 51.6 Å². The predicted molar refractivity (Wildman–Crippen MR) is 281 cm³/mol. The number of nitrogens with zero attached hydrogens (tertiary/aromatic N) is 4. The first kappa shape index (κ1) is 46.8. The van der Waals surface area contributed by atoms with Crippen molar-refractivity contribution >= 4 is 90.9 Å². The van der Waals surface area contributed by atoms with Crippen LogP contribution < -0.4 is 0 Å². The molecule has 0 bridgehead atoms. The molecule has 2 aromatic carbocycles. The third-order valence-corrected chi connectivity index (χ3v) is 19.4. The second kappa shape index (κ2) is 21.4. The molecule has 342 valence electrons. The molecule has 0 fully saturated rings. The number of hydrogen-bond acceptors (Lipinski definition) is 10. The highest BCUT2D eigenvalue weighted by Crippen LogP contribution is 2.62. The molecule has 0 unspecified atom stereocenters. The van der Waals surface area contributed by atoms with E-state index in [0.717, 1.165) is 104 Å². The Bertz CT molecular complexity index is 2660. The maximum absolute atomic E-state index is 17.0. The van der Waals surface area contributed by atoms with Gasteiger partial charge in [0.05, 0.1) is 34.6 Å². The number of benzene rings is 2. The first-order valence-corrected chi connectivity index (χ1v) is 29.0. The number of fused-ring (bicyclic) bond motifs is 5. The van der Waals surface area contributed by atoms with E-state index >= 15 is 8.78 Å². The lowest BCUT2D eigenvalue weighted by atomic mass is 9.71. The lowest BCUT2D eigenvalue weighted by Crippen LogP contribution is -2.25. The highest BCUT2D eigenvalue weighted by atomic mass is 32.1. The molecular formula is C53H60F2N4S6. The Morgan fingerprint density at radius 3 is 1.25 bits per heavy atom. The van der Waals surface area contributed by atoms with Crippen molar-refractivity contribution in [2.24, 2.45) is 0 Å². The van der Waals surface area contributed by atoms with Crippen molar-refractivity contribution in [1.29, 1.82) is 0 Å². The van der Waals surface area contributed by atoms with Crippen molar-refractivity contribution in [2.75, 3.05) is 0 Å². The maximum Gasteiger partial charge on any atom is 0.134 e. The first-order valence-electron chi connectivity index (χ1n) is 24.3. The van der Waals surface area contributed by atoms with Gasteiger partial charge in [0.2, 0.25) is 0 Å². The fraction of sp³-hybridized carbons (Fsp3) is 0.472. The maximum atomic E-state index is 17.0. The summed E-state index contributed by atoms with van der Waals surface area (Å²) in [6, 6.07) is 16.7. The Labute approximate surface area is 408 Å². The van der Waals surface area contributed by atoms with Gasteiger partial charge >= 0.3 is 0 Å². The fourth-order valence-electron chi connectivity index (χ4n) is 10.0. The molecule has 0 radical (unpaired) electrons. The van der Waals surface area contributed by atoms with Gasteiger partial charge < -0.3 is 0 Å². The molecule has 0 spiro atoms. The van der Waals surface area contributed by atoms with Crippen molar-refractivity contribution in [2.45, 2.75) is 162 Å². The summed E-state index contributed by atoms with van der Waals surface area (Å²) in [4.78, 5) is 8.93. The summed E-state index contributed by atoms with van der Waals surface area (Å²) < 4.78 is 53.2. The second-order valence-electron chi connectivity index (χ2n) is 18.0. The Morgan fingerprint density at radius 1 is 0.431 bits per heavy atom. The van der Waals surface area contributed by atoms with E-state index in [2.05, 4.69) is 64.1 Å². The number of hydrogen-bond donors (Lipinski definition) is 0. The molecule has 4 nitrogen and oxygen atoms in total. The lowest BCUT2D eigenvalue weighted by Gasteiger charge is -2.31. The van der Waals surface area contributed by atoms with E-state index in [1.807, 2.05) is 0 Å². The Morgan fingerprint density at radius 2 is 0.831 bits per heavy atom. The van der Waals surface area contributed by atoms with Crippen molar-refractivity contribution in [3.63, 3.8) is 0 Å². The molecule has 6 heterocycles. The van der Waals surface area contributed by atoms with E-state index in [0.29, 0.717) is 22.2 Å². The quantitative estimate of drug-likeness (QED) is 0.0566. The minimum atomic E-state index is -0.254. The van der Waals surface area contributed by atoms with E-state index in [9.17, 15) is 0 Å². The van der Waals surface area contributed by atoms with Crippen LogP contribution in [0.4, 0.5) is 8.78 Å². The van der Waals surface area contributed by atoms with E-state index < -0.39 is 0 Å². The number of aryl methyl sites for hydroxylation is 2. The number of thiophene rings is 4. The SMILES string of the molecule is CCCCCCc1ccc(-c2cc(F)c(-c3cc4c(s3)-c3sc(-c5c(F)cc(-c6ccc(CCCCCC)s6)c6nsnc56)cc3C4(CCCCCC)CCCCCC)c3nsnc23)s1. The Kier molecular flexibility index (Phi) is 15.4. The first-order chi connectivity index (χ1) is 31.9. The lowest BCUT2D eigenvalue weighted by molar-refractivity contribution is 0.402. The number of rotatable bonds is 24. The molecule has 65 heavy (non-hydrogen) atoms. The summed E-state index contributed by atoms with van der Waals surface area (Å²) in [5.74, 6) is -0.506. The molecule has 0 N–H and O–H groups in total. The third kappa shape index (κ3) is 9.47. The monoisotopic (exact) mass is 982 g/mol. The van der Waals surface area contributed by atoms with Crippen LogP contribution in [0.1, 0.15) is 164 Å². The molecule has 0 saturated heterocycles. The van der Waals surface area contributed by atoms with Gasteiger partial charge in [-0.15, -0.1) is 45.3 Å². The van der Waals surface area contributed by atoms with Crippen molar-refractivity contribution in [3.8, 4) is 51.5 Å². The van der Waals surface area contributed by atoms with Crippen LogP contribution in [0.15, 0.2) is 48.5 Å². The summed E-state index contributed by atoms with van der Waals surface area (Å²) in [6.45, 7) is 9.01. The molecule has 1 aliphatic rings. The van der Waals surface area contributed by atoms with Gasteiger partial charge in [-0.2, -0.15) is 17.5 Å². The molecule has 12 heteroatoms.